The molecule has 1 N–H and O–H groups in total. The van der Waals surface area contributed by atoms with Gasteiger partial charge in [0.2, 0.25) is 0 Å². The van der Waals surface area contributed by atoms with Crippen molar-refractivity contribution in [2.75, 3.05) is 0 Å². The molecule has 0 fully saturated rings. The third kappa shape index (κ3) is 4.30. The molecule has 1 unspecified atom stereocenters. The van der Waals surface area contributed by atoms with Crippen LogP contribution in [0.15, 0.2) is 24.3 Å². The Bertz CT molecular complexity index is 901. The number of halogens is 3. The number of ether oxygens (including phenoxy) is 1. The van der Waals surface area contributed by atoms with Gasteiger partial charge in [0, 0.05) is 34.6 Å². The van der Waals surface area contributed by atoms with Gasteiger partial charge in [-0.25, -0.2) is 8.78 Å². The molecule has 0 bridgehead atoms. The van der Waals surface area contributed by atoms with Gasteiger partial charge < -0.3 is 9.84 Å². The lowest BCUT2D eigenvalue weighted by molar-refractivity contribution is -0.137. The molecule has 28 heavy (non-hydrogen) atoms. The van der Waals surface area contributed by atoms with Gasteiger partial charge in [0.05, 0.1) is 0 Å². The van der Waals surface area contributed by atoms with Gasteiger partial charge in [-0.3, -0.25) is 4.79 Å². The summed E-state index contributed by atoms with van der Waals surface area (Å²) in [6.45, 7) is 5.60. The van der Waals surface area contributed by atoms with E-state index in [1.165, 1.54) is 12.1 Å². The number of fused-ring (bicyclic) bond motifs is 1. The molecule has 2 aromatic carbocycles. The minimum Gasteiger partial charge on any atom is -0.487 e. The van der Waals surface area contributed by atoms with Crippen LogP contribution >= 0.6 is 11.6 Å². The highest BCUT2D eigenvalue weighted by molar-refractivity contribution is 6.31. The van der Waals surface area contributed by atoms with Crippen LogP contribution in [-0.4, -0.2) is 16.7 Å². The number of rotatable bonds is 6. The Balaban J connectivity index is 1.95. The van der Waals surface area contributed by atoms with Gasteiger partial charge in [-0.05, 0) is 62.4 Å². The number of hydrogen-bond donors (Lipinski definition) is 1. The minimum atomic E-state index is -0.916. The maximum Gasteiger partial charge on any atom is 0.303 e. The standard InChI is InChI=1S/C22H23ClF2O3/c1-12(5-4-6-19(26)27)20-17(24)8-13(9-18(20)25)16-10-15(23)7-14-11-22(2,3)28-21(14)16/h7-10,12H,4-6,11H2,1-3H3,(H,26,27). The predicted molar refractivity (Wildman–Crippen MR) is 105 cm³/mol. The Morgan fingerprint density at radius 1 is 1.25 bits per heavy atom. The fourth-order valence-corrected chi connectivity index (χ4v) is 4.04. The lowest BCUT2D eigenvalue weighted by Crippen LogP contribution is -2.24. The molecule has 1 aliphatic rings. The Labute approximate surface area is 168 Å². The summed E-state index contributed by atoms with van der Waals surface area (Å²) in [5.41, 5.74) is 1.43. The van der Waals surface area contributed by atoms with Crippen LogP contribution in [0.2, 0.25) is 5.02 Å². The lowest BCUT2D eigenvalue weighted by Gasteiger charge is -2.19. The summed E-state index contributed by atoms with van der Waals surface area (Å²) in [4.78, 5) is 10.6. The molecule has 0 saturated carbocycles. The first kappa shape index (κ1) is 20.6. The zero-order chi connectivity index (χ0) is 20.6. The Kier molecular flexibility index (Phi) is 5.67. The molecule has 0 aromatic heterocycles. The van der Waals surface area contributed by atoms with Crippen molar-refractivity contribution < 1.29 is 23.4 Å². The summed E-state index contributed by atoms with van der Waals surface area (Å²) in [6, 6.07) is 6.08. The SMILES string of the molecule is CC(CCCC(=O)O)c1c(F)cc(-c2cc(Cl)cc3c2OC(C)(C)C3)cc1F. The van der Waals surface area contributed by atoms with Crippen molar-refractivity contribution in [2.45, 2.75) is 58.0 Å². The van der Waals surface area contributed by atoms with Crippen molar-refractivity contribution in [3.63, 3.8) is 0 Å². The van der Waals surface area contributed by atoms with Gasteiger partial charge in [0.25, 0.3) is 0 Å². The number of hydrogen-bond acceptors (Lipinski definition) is 2. The van der Waals surface area contributed by atoms with Crippen molar-refractivity contribution in [2.24, 2.45) is 0 Å². The molecule has 0 saturated heterocycles. The van der Waals surface area contributed by atoms with Crippen molar-refractivity contribution in [3.05, 3.63) is 52.0 Å². The highest BCUT2D eigenvalue weighted by Crippen LogP contribution is 2.45. The molecule has 6 heteroatoms. The first-order valence-corrected chi connectivity index (χ1v) is 9.68. The zero-order valence-electron chi connectivity index (χ0n) is 16.1. The van der Waals surface area contributed by atoms with Crippen LogP contribution in [0.4, 0.5) is 8.78 Å². The number of carboxylic acids is 1. The van der Waals surface area contributed by atoms with Gasteiger partial charge >= 0.3 is 5.97 Å². The third-order valence-corrected chi connectivity index (χ3v) is 5.25. The Morgan fingerprint density at radius 2 is 1.89 bits per heavy atom. The molecule has 2 aromatic rings. The lowest BCUT2D eigenvalue weighted by atomic mass is 9.91. The van der Waals surface area contributed by atoms with Crippen molar-refractivity contribution in [1.29, 1.82) is 0 Å². The van der Waals surface area contributed by atoms with E-state index in [1.807, 2.05) is 19.9 Å². The molecule has 0 aliphatic carbocycles. The average Bonchev–Trinajstić information content (AvgIpc) is 2.86. The van der Waals surface area contributed by atoms with Crippen LogP contribution in [0.5, 0.6) is 5.75 Å². The third-order valence-electron chi connectivity index (χ3n) is 5.04. The summed E-state index contributed by atoms with van der Waals surface area (Å²) in [5, 5.41) is 9.22. The van der Waals surface area contributed by atoms with Gasteiger partial charge in [-0.15, -0.1) is 0 Å². The number of carbonyl (C=O) groups is 1. The maximum atomic E-state index is 14.8. The number of benzene rings is 2. The van der Waals surface area contributed by atoms with Crippen molar-refractivity contribution >= 4 is 17.6 Å². The largest absolute Gasteiger partial charge is 0.487 e. The van der Waals surface area contributed by atoms with Crippen molar-refractivity contribution in [3.8, 4) is 16.9 Å². The molecule has 1 atom stereocenters. The van der Waals surface area contributed by atoms with E-state index in [2.05, 4.69) is 0 Å². The fraction of sp³-hybridized carbons (Fsp3) is 0.409. The smallest absolute Gasteiger partial charge is 0.303 e. The average molecular weight is 409 g/mol. The highest BCUT2D eigenvalue weighted by atomic mass is 35.5. The summed E-state index contributed by atoms with van der Waals surface area (Å²) in [6.07, 6.45) is 1.40. The normalized spacial score (nSPS) is 15.8. The van der Waals surface area contributed by atoms with Crippen LogP contribution in [-0.2, 0) is 11.2 Å². The topological polar surface area (TPSA) is 46.5 Å². The van der Waals surface area contributed by atoms with E-state index in [0.29, 0.717) is 41.2 Å². The van der Waals surface area contributed by atoms with Crippen LogP contribution in [0, 0.1) is 11.6 Å². The molecule has 150 valence electrons. The molecule has 0 radical (unpaired) electrons. The van der Waals surface area contributed by atoms with E-state index in [-0.39, 0.29) is 12.0 Å². The van der Waals surface area contributed by atoms with E-state index in [1.54, 1.807) is 13.0 Å². The van der Waals surface area contributed by atoms with E-state index in [0.717, 1.165) is 5.56 Å². The summed E-state index contributed by atoms with van der Waals surface area (Å²) < 4.78 is 35.6. The summed E-state index contributed by atoms with van der Waals surface area (Å²) >= 11 is 6.22. The molecule has 1 aliphatic heterocycles. The minimum absolute atomic E-state index is 0.0194. The second-order valence-electron chi connectivity index (χ2n) is 8.02. The van der Waals surface area contributed by atoms with E-state index in [4.69, 9.17) is 21.4 Å². The summed E-state index contributed by atoms with van der Waals surface area (Å²) in [5.74, 6) is -2.03. The van der Waals surface area contributed by atoms with Crippen molar-refractivity contribution in [1.82, 2.24) is 0 Å². The Hall–Kier alpha value is -2.14. The number of carboxylic acid groups (broad SMARTS) is 1. The fourth-order valence-electron chi connectivity index (χ4n) is 3.80. The number of aliphatic carboxylic acids is 1. The quantitative estimate of drug-likeness (QED) is 0.605. The zero-order valence-corrected chi connectivity index (χ0v) is 16.9. The van der Waals surface area contributed by atoms with Crippen LogP contribution in [0.1, 0.15) is 57.1 Å². The molecule has 3 nitrogen and oxygen atoms in total. The maximum absolute atomic E-state index is 14.8. The van der Waals surface area contributed by atoms with Crippen LogP contribution in [0.3, 0.4) is 0 Å². The van der Waals surface area contributed by atoms with Gasteiger partial charge in [0.1, 0.15) is 23.0 Å². The van der Waals surface area contributed by atoms with Gasteiger partial charge in [0.15, 0.2) is 0 Å². The van der Waals surface area contributed by atoms with E-state index >= 15 is 0 Å². The molecular weight excluding hydrogens is 386 g/mol. The first-order valence-electron chi connectivity index (χ1n) is 9.30. The van der Waals surface area contributed by atoms with Crippen LogP contribution < -0.4 is 4.74 Å². The van der Waals surface area contributed by atoms with Gasteiger partial charge in [-0.1, -0.05) is 18.5 Å². The van der Waals surface area contributed by atoms with E-state index in [9.17, 15) is 13.6 Å². The molecule has 1 heterocycles. The molecule has 3 rings (SSSR count). The van der Waals surface area contributed by atoms with E-state index < -0.39 is 29.1 Å². The second kappa shape index (κ2) is 7.70. The molecule has 0 spiro atoms. The predicted octanol–water partition coefficient (Wildman–Crippen LogP) is 6.36. The first-order chi connectivity index (χ1) is 13.1. The molecule has 0 amide bonds. The summed E-state index contributed by atoms with van der Waals surface area (Å²) in [7, 11) is 0. The second-order valence-corrected chi connectivity index (χ2v) is 8.46. The Morgan fingerprint density at radius 3 is 2.50 bits per heavy atom. The van der Waals surface area contributed by atoms with Gasteiger partial charge in [-0.2, -0.15) is 0 Å². The molecular formula is C22H23ClF2O3. The van der Waals surface area contributed by atoms with Crippen LogP contribution in [0.25, 0.3) is 11.1 Å². The monoisotopic (exact) mass is 408 g/mol. The highest BCUT2D eigenvalue weighted by Gasteiger charge is 2.33.